The largest absolute Gasteiger partial charge is 0.481 e. The number of carbonyl (C=O) groups is 2. The van der Waals surface area contributed by atoms with Gasteiger partial charge in [0.05, 0.1) is 0 Å². The SMILES string of the molecule is O=C(O)CCCCC(=O)NCCCc1nnc2n1CCCCC2. The van der Waals surface area contributed by atoms with Gasteiger partial charge in [0.1, 0.15) is 11.6 Å². The highest BCUT2D eigenvalue weighted by atomic mass is 16.4. The molecule has 7 nitrogen and oxygen atoms in total. The van der Waals surface area contributed by atoms with Crippen LogP contribution in [0.1, 0.15) is 63.0 Å². The van der Waals surface area contributed by atoms with Crippen molar-refractivity contribution < 1.29 is 14.7 Å². The number of nitrogens with zero attached hydrogens (tertiary/aromatic N) is 3. The molecule has 0 saturated carbocycles. The molecule has 0 spiro atoms. The second-order valence-electron chi connectivity index (χ2n) is 6.05. The molecule has 7 heteroatoms. The van der Waals surface area contributed by atoms with E-state index in [1.807, 2.05) is 0 Å². The van der Waals surface area contributed by atoms with Gasteiger partial charge in [0.2, 0.25) is 5.91 Å². The zero-order valence-corrected chi connectivity index (χ0v) is 13.6. The average molecular weight is 322 g/mol. The number of carboxylic acid groups (broad SMARTS) is 1. The van der Waals surface area contributed by atoms with E-state index in [1.165, 1.54) is 19.3 Å². The quantitative estimate of drug-likeness (QED) is 0.674. The van der Waals surface area contributed by atoms with Crippen molar-refractivity contribution >= 4 is 11.9 Å². The zero-order valence-electron chi connectivity index (χ0n) is 13.6. The molecule has 0 fully saturated rings. The molecule has 0 atom stereocenters. The monoisotopic (exact) mass is 322 g/mol. The minimum absolute atomic E-state index is 0.00420. The summed E-state index contributed by atoms with van der Waals surface area (Å²) in [6, 6.07) is 0. The lowest BCUT2D eigenvalue weighted by Crippen LogP contribution is -2.24. The number of aliphatic carboxylic acids is 1. The average Bonchev–Trinajstić information content (AvgIpc) is 2.75. The van der Waals surface area contributed by atoms with E-state index in [4.69, 9.17) is 5.11 Å². The Balaban J connectivity index is 1.61. The van der Waals surface area contributed by atoms with Crippen LogP contribution < -0.4 is 5.32 Å². The molecule has 1 aromatic heterocycles. The van der Waals surface area contributed by atoms with Crippen LogP contribution in [0, 0.1) is 0 Å². The van der Waals surface area contributed by atoms with Crippen LogP contribution in [0.25, 0.3) is 0 Å². The fourth-order valence-electron chi connectivity index (χ4n) is 2.85. The molecule has 0 bridgehead atoms. The Bertz CT molecular complexity index is 527. The Labute approximate surface area is 136 Å². The van der Waals surface area contributed by atoms with Crippen molar-refractivity contribution in [3.8, 4) is 0 Å². The van der Waals surface area contributed by atoms with Gasteiger partial charge in [-0.2, -0.15) is 0 Å². The van der Waals surface area contributed by atoms with Crippen LogP contribution in [0.3, 0.4) is 0 Å². The number of nitrogens with one attached hydrogen (secondary N) is 1. The molecule has 23 heavy (non-hydrogen) atoms. The van der Waals surface area contributed by atoms with Crippen molar-refractivity contribution in [3.05, 3.63) is 11.6 Å². The molecule has 1 aliphatic heterocycles. The van der Waals surface area contributed by atoms with Gasteiger partial charge in [0.15, 0.2) is 0 Å². The Morgan fingerprint density at radius 3 is 2.74 bits per heavy atom. The molecular formula is C16H26N4O3. The van der Waals surface area contributed by atoms with E-state index < -0.39 is 5.97 Å². The summed E-state index contributed by atoms with van der Waals surface area (Å²) in [5, 5.41) is 20.0. The molecule has 0 aliphatic carbocycles. The van der Waals surface area contributed by atoms with E-state index in [9.17, 15) is 9.59 Å². The van der Waals surface area contributed by atoms with E-state index in [1.54, 1.807) is 0 Å². The van der Waals surface area contributed by atoms with Gasteiger partial charge in [0.25, 0.3) is 0 Å². The van der Waals surface area contributed by atoms with E-state index in [0.29, 0.717) is 25.8 Å². The summed E-state index contributed by atoms with van der Waals surface area (Å²) in [5.41, 5.74) is 0. The lowest BCUT2D eigenvalue weighted by molar-refractivity contribution is -0.137. The van der Waals surface area contributed by atoms with Gasteiger partial charge >= 0.3 is 5.97 Å². The molecule has 0 radical (unpaired) electrons. The summed E-state index contributed by atoms with van der Waals surface area (Å²) < 4.78 is 2.24. The molecule has 0 aromatic carbocycles. The van der Waals surface area contributed by atoms with Crippen LogP contribution in [0.4, 0.5) is 0 Å². The summed E-state index contributed by atoms with van der Waals surface area (Å²) in [6.45, 7) is 1.63. The van der Waals surface area contributed by atoms with Crippen molar-refractivity contribution in [2.45, 2.75) is 70.8 Å². The molecule has 1 aliphatic rings. The zero-order chi connectivity index (χ0) is 16.5. The van der Waals surface area contributed by atoms with E-state index >= 15 is 0 Å². The molecule has 2 N–H and O–H groups in total. The molecule has 128 valence electrons. The van der Waals surface area contributed by atoms with Crippen LogP contribution in [0.15, 0.2) is 0 Å². The molecule has 1 aromatic rings. The highest BCUT2D eigenvalue weighted by Gasteiger charge is 2.14. The topological polar surface area (TPSA) is 97.1 Å². The first-order chi connectivity index (χ1) is 11.2. The highest BCUT2D eigenvalue weighted by Crippen LogP contribution is 2.15. The predicted octanol–water partition coefficient (Wildman–Crippen LogP) is 1.70. The van der Waals surface area contributed by atoms with Gasteiger partial charge in [-0.3, -0.25) is 9.59 Å². The van der Waals surface area contributed by atoms with E-state index in [-0.39, 0.29) is 12.3 Å². The van der Waals surface area contributed by atoms with Gasteiger partial charge in [-0.1, -0.05) is 6.42 Å². The number of rotatable bonds is 9. The third-order valence-electron chi connectivity index (χ3n) is 4.13. The van der Waals surface area contributed by atoms with Crippen molar-refractivity contribution in [2.75, 3.05) is 6.54 Å². The van der Waals surface area contributed by atoms with Gasteiger partial charge in [-0.05, 0) is 32.1 Å². The first kappa shape index (κ1) is 17.4. The third kappa shape index (κ3) is 6.00. The summed E-state index contributed by atoms with van der Waals surface area (Å²) in [4.78, 5) is 22.0. The van der Waals surface area contributed by atoms with Crippen LogP contribution in [-0.4, -0.2) is 38.3 Å². The summed E-state index contributed by atoms with van der Waals surface area (Å²) in [7, 11) is 0. The number of amides is 1. The van der Waals surface area contributed by atoms with Crippen LogP contribution in [0.5, 0.6) is 0 Å². The maximum Gasteiger partial charge on any atom is 0.303 e. The first-order valence-electron chi connectivity index (χ1n) is 8.56. The number of carboxylic acids is 1. The Morgan fingerprint density at radius 2 is 1.91 bits per heavy atom. The second kappa shape index (κ2) is 9.27. The summed E-state index contributed by atoms with van der Waals surface area (Å²) in [5.74, 6) is 1.31. The molecule has 2 heterocycles. The maximum atomic E-state index is 11.6. The van der Waals surface area contributed by atoms with Crippen molar-refractivity contribution in [2.24, 2.45) is 0 Å². The lowest BCUT2D eigenvalue weighted by atomic mass is 10.2. The van der Waals surface area contributed by atoms with Crippen LogP contribution in [-0.2, 0) is 29.0 Å². The predicted molar refractivity (Wildman–Crippen MR) is 85.0 cm³/mol. The number of fused-ring (bicyclic) bond motifs is 1. The highest BCUT2D eigenvalue weighted by molar-refractivity contribution is 5.75. The second-order valence-corrected chi connectivity index (χ2v) is 6.05. The molecule has 0 unspecified atom stereocenters. The van der Waals surface area contributed by atoms with E-state index in [0.717, 1.165) is 37.5 Å². The minimum atomic E-state index is -0.808. The van der Waals surface area contributed by atoms with Crippen molar-refractivity contribution in [3.63, 3.8) is 0 Å². The molecule has 2 rings (SSSR count). The fraction of sp³-hybridized carbons (Fsp3) is 0.750. The Kier molecular flexibility index (Phi) is 7.03. The number of hydrogen-bond donors (Lipinski definition) is 2. The summed E-state index contributed by atoms with van der Waals surface area (Å²) >= 11 is 0. The number of aryl methyl sites for hydroxylation is 2. The third-order valence-corrected chi connectivity index (χ3v) is 4.13. The number of carbonyl (C=O) groups excluding carboxylic acids is 1. The standard InChI is InChI=1S/C16H26N4O3/c21-15(9-3-4-10-16(22)23)17-11-6-8-14-19-18-13-7-2-1-5-12-20(13)14/h1-12H2,(H,17,21)(H,22,23). The summed E-state index contributed by atoms with van der Waals surface area (Å²) in [6.07, 6.45) is 8.01. The van der Waals surface area contributed by atoms with Gasteiger partial charge < -0.3 is 15.0 Å². The molecular weight excluding hydrogens is 296 g/mol. The van der Waals surface area contributed by atoms with Gasteiger partial charge in [-0.15, -0.1) is 10.2 Å². The Hall–Kier alpha value is -1.92. The number of hydrogen-bond acceptors (Lipinski definition) is 4. The van der Waals surface area contributed by atoms with Crippen molar-refractivity contribution in [1.29, 1.82) is 0 Å². The molecule has 1 amide bonds. The van der Waals surface area contributed by atoms with Gasteiger partial charge in [-0.25, -0.2) is 0 Å². The van der Waals surface area contributed by atoms with Gasteiger partial charge in [0, 0.05) is 38.8 Å². The van der Waals surface area contributed by atoms with Crippen molar-refractivity contribution in [1.82, 2.24) is 20.1 Å². The van der Waals surface area contributed by atoms with Crippen LogP contribution >= 0.6 is 0 Å². The normalized spacial score (nSPS) is 14.1. The number of unbranched alkanes of at least 4 members (excludes halogenated alkanes) is 1. The van der Waals surface area contributed by atoms with Crippen LogP contribution in [0.2, 0.25) is 0 Å². The lowest BCUT2D eigenvalue weighted by Gasteiger charge is -2.07. The first-order valence-corrected chi connectivity index (χ1v) is 8.56. The molecule has 0 saturated heterocycles. The smallest absolute Gasteiger partial charge is 0.303 e. The Morgan fingerprint density at radius 1 is 1.09 bits per heavy atom. The maximum absolute atomic E-state index is 11.6. The minimum Gasteiger partial charge on any atom is -0.481 e. The fourth-order valence-corrected chi connectivity index (χ4v) is 2.85. The number of aromatic nitrogens is 3. The van der Waals surface area contributed by atoms with E-state index in [2.05, 4.69) is 20.1 Å².